The molecular formula is C9H16N4O2S. The molecule has 0 atom stereocenters. The van der Waals surface area contributed by atoms with Crippen molar-refractivity contribution in [2.24, 2.45) is 0 Å². The van der Waals surface area contributed by atoms with Crippen molar-refractivity contribution in [3.8, 4) is 0 Å². The summed E-state index contributed by atoms with van der Waals surface area (Å²) >= 11 is 5.04. The molecule has 6 nitrogen and oxygen atoms in total. The van der Waals surface area contributed by atoms with E-state index in [9.17, 15) is 0 Å². The molecule has 7 heteroatoms. The quantitative estimate of drug-likeness (QED) is 0.540. The molecule has 0 fully saturated rings. The van der Waals surface area contributed by atoms with Crippen LogP contribution in [0.3, 0.4) is 0 Å². The minimum atomic E-state index is 0.605. The first-order valence-corrected chi connectivity index (χ1v) is 5.43. The molecular weight excluding hydrogens is 228 g/mol. The predicted octanol–water partition coefficient (Wildman–Crippen LogP) is 0.0310. The van der Waals surface area contributed by atoms with Crippen LogP contribution in [-0.4, -0.2) is 42.1 Å². The van der Waals surface area contributed by atoms with Gasteiger partial charge in [0.15, 0.2) is 10.9 Å². The third kappa shape index (κ3) is 5.04. The van der Waals surface area contributed by atoms with Crippen LogP contribution < -0.4 is 10.6 Å². The minimum Gasteiger partial charge on any atom is -0.383 e. The average molecular weight is 244 g/mol. The van der Waals surface area contributed by atoms with Crippen molar-refractivity contribution >= 4 is 17.3 Å². The van der Waals surface area contributed by atoms with Crippen LogP contribution in [0.1, 0.15) is 11.7 Å². The molecule has 0 saturated carbocycles. The van der Waals surface area contributed by atoms with Gasteiger partial charge >= 0.3 is 0 Å². The Balaban J connectivity index is 2.08. The number of nitrogens with zero attached hydrogens (tertiary/aromatic N) is 2. The zero-order chi connectivity index (χ0) is 11.8. The first kappa shape index (κ1) is 12.9. The topological polar surface area (TPSA) is 72.2 Å². The lowest BCUT2D eigenvalue weighted by Gasteiger charge is -2.08. The lowest BCUT2D eigenvalue weighted by atomic mass is 10.4. The summed E-state index contributed by atoms with van der Waals surface area (Å²) in [4.78, 5) is 4.08. The monoisotopic (exact) mass is 244 g/mol. The van der Waals surface area contributed by atoms with Gasteiger partial charge in [-0.3, -0.25) is 0 Å². The molecule has 0 aliphatic rings. The second-order valence-corrected chi connectivity index (χ2v) is 3.57. The van der Waals surface area contributed by atoms with Crippen molar-refractivity contribution in [3.05, 3.63) is 11.7 Å². The summed E-state index contributed by atoms with van der Waals surface area (Å²) in [6.45, 7) is 3.78. The smallest absolute Gasteiger partial charge is 0.228 e. The first-order valence-electron chi connectivity index (χ1n) is 5.02. The highest BCUT2D eigenvalue weighted by molar-refractivity contribution is 7.80. The van der Waals surface area contributed by atoms with E-state index in [0.717, 1.165) is 0 Å². The molecule has 0 radical (unpaired) electrons. The Labute approximate surface area is 99.7 Å². The van der Waals surface area contributed by atoms with Crippen LogP contribution in [0.25, 0.3) is 0 Å². The van der Waals surface area contributed by atoms with E-state index in [4.69, 9.17) is 21.5 Å². The van der Waals surface area contributed by atoms with Crippen LogP contribution in [0.2, 0.25) is 0 Å². The summed E-state index contributed by atoms with van der Waals surface area (Å²) in [7, 11) is 1.65. The van der Waals surface area contributed by atoms with Gasteiger partial charge in [-0.15, -0.1) is 0 Å². The lowest BCUT2D eigenvalue weighted by Crippen LogP contribution is -2.37. The van der Waals surface area contributed by atoms with E-state index < -0.39 is 0 Å². The SMILES string of the molecule is COCCNC(=S)NCCc1nc(C)no1. The Morgan fingerprint density at radius 1 is 1.44 bits per heavy atom. The highest BCUT2D eigenvalue weighted by atomic mass is 32.1. The van der Waals surface area contributed by atoms with Crippen molar-refractivity contribution in [1.82, 2.24) is 20.8 Å². The van der Waals surface area contributed by atoms with Gasteiger partial charge in [0, 0.05) is 26.6 Å². The summed E-state index contributed by atoms with van der Waals surface area (Å²) in [6.07, 6.45) is 0.660. The molecule has 0 amide bonds. The maximum absolute atomic E-state index is 5.04. The maximum atomic E-state index is 5.04. The van der Waals surface area contributed by atoms with Gasteiger partial charge in [0.2, 0.25) is 5.89 Å². The fourth-order valence-electron chi connectivity index (χ4n) is 1.05. The van der Waals surface area contributed by atoms with Crippen molar-refractivity contribution in [2.45, 2.75) is 13.3 Å². The van der Waals surface area contributed by atoms with Crippen LogP contribution in [0, 0.1) is 6.92 Å². The van der Waals surface area contributed by atoms with E-state index in [2.05, 4.69) is 20.8 Å². The Bertz CT molecular complexity index is 329. The Hall–Kier alpha value is -1.21. The van der Waals surface area contributed by atoms with Crippen molar-refractivity contribution in [2.75, 3.05) is 26.8 Å². The fourth-order valence-corrected chi connectivity index (χ4v) is 1.26. The van der Waals surface area contributed by atoms with E-state index in [1.807, 2.05) is 0 Å². The molecule has 0 saturated heterocycles. The molecule has 90 valence electrons. The molecule has 0 bridgehead atoms. The van der Waals surface area contributed by atoms with Gasteiger partial charge in [0.1, 0.15) is 0 Å². The van der Waals surface area contributed by atoms with E-state index in [0.29, 0.717) is 42.9 Å². The number of methoxy groups -OCH3 is 1. The number of hydrogen-bond acceptors (Lipinski definition) is 5. The number of aryl methyl sites for hydroxylation is 1. The van der Waals surface area contributed by atoms with E-state index >= 15 is 0 Å². The number of rotatable bonds is 6. The van der Waals surface area contributed by atoms with Crippen LogP contribution in [-0.2, 0) is 11.2 Å². The van der Waals surface area contributed by atoms with Crippen LogP contribution in [0.5, 0.6) is 0 Å². The standard InChI is InChI=1S/C9H16N4O2S/c1-7-12-8(15-13-7)3-4-10-9(16)11-5-6-14-2/h3-6H2,1-2H3,(H2,10,11,16). The maximum Gasteiger partial charge on any atom is 0.228 e. The minimum absolute atomic E-state index is 0.605. The summed E-state index contributed by atoms with van der Waals surface area (Å²) in [5.74, 6) is 1.26. The van der Waals surface area contributed by atoms with Gasteiger partial charge in [-0.2, -0.15) is 4.98 Å². The molecule has 1 aromatic heterocycles. The highest BCUT2D eigenvalue weighted by Gasteiger charge is 2.02. The van der Waals surface area contributed by atoms with Crippen LogP contribution >= 0.6 is 12.2 Å². The molecule has 1 aromatic rings. The van der Waals surface area contributed by atoms with Gasteiger partial charge < -0.3 is 19.9 Å². The molecule has 0 spiro atoms. The van der Waals surface area contributed by atoms with E-state index in [-0.39, 0.29) is 0 Å². The summed E-state index contributed by atoms with van der Waals surface area (Å²) in [5.41, 5.74) is 0. The summed E-state index contributed by atoms with van der Waals surface area (Å²) < 4.78 is 9.85. The Kier molecular flexibility index (Phi) is 5.73. The van der Waals surface area contributed by atoms with Gasteiger partial charge in [0.05, 0.1) is 6.61 Å². The van der Waals surface area contributed by atoms with Gasteiger partial charge in [-0.25, -0.2) is 0 Å². The third-order valence-corrected chi connectivity index (χ3v) is 2.07. The molecule has 0 aromatic carbocycles. The molecule has 0 unspecified atom stereocenters. The Morgan fingerprint density at radius 2 is 2.19 bits per heavy atom. The van der Waals surface area contributed by atoms with Gasteiger partial charge in [0.25, 0.3) is 0 Å². The number of hydrogen-bond donors (Lipinski definition) is 2. The van der Waals surface area contributed by atoms with E-state index in [1.54, 1.807) is 14.0 Å². The van der Waals surface area contributed by atoms with Gasteiger partial charge in [-0.05, 0) is 19.1 Å². The zero-order valence-electron chi connectivity index (χ0n) is 9.45. The number of thiocarbonyl (C=S) groups is 1. The van der Waals surface area contributed by atoms with Crippen molar-refractivity contribution in [1.29, 1.82) is 0 Å². The summed E-state index contributed by atoms with van der Waals surface area (Å²) in [5, 5.41) is 10.3. The predicted molar refractivity (Wildman–Crippen MR) is 63.2 cm³/mol. The first-order chi connectivity index (χ1) is 7.72. The second kappa shape index (κ2) is 7.13. The second-order valence-electron chi connectivity index (χ2n) is 3.16. The molecule has 1 rings (SSSR count). The average Bonchev–Trinajstić information content (AvgIpc) is 2.65. The van der Waals surface area contributed by atoms with Crippen LogP contribution in [0.15, 0.2) is 4.52 Å². The fraction of sp³-hybridized carbons (Fsp3) is 0.667. The largest absolute Gasteiger partial charge is 0.383 e. The molecule has 2 N–H and O–H groups in total. The Morgan fingerprint density at radius 3 is 2.81 bits per heavy atom. The van der Waals surface area contributed by atoms with Crippen molar-refractivity contribution < 1.29 is 9.26 Å². The number of nitrogens with one attached hydrogen (secondary N) is 2. The van der Waals surface area contributed by atoms with E-state index in [1.165, 1.54) is 0 Å². The normalized spacial score (nSPS) is 10.1. The van der Waals surface area contributed by atoms with Gasteiger partial charge in [-0.1, -0.05) is 5.16 Å². The molecule has 1 heterocycles. The summed E-state index contributed by atoms with van der Waals surface area (Å²) in [6, 6.07) is 0. The number of ether oxygens (including phenoxy) is 1. The zero-order valence-corrected chi connectivity index (χ0v) is 10.3. The van der Waals surface area contributed by atoms with Crippen molar-refractivity contribution in [3.63, 3.8) is 0 Å². The third-order valence-electron chi connectivity index (χ3n) is 1.79. The molecule has 0 aliphatic carbocycles. The lowest BCUT2D eigenvalue weighted by molar-refractivity contribution is 0.204. The molecule has 16 heavy (non-hydrogen) atoms. The number of aromatic nitrogens is 2. The molecule has 0 aliphatic heterocycles. The highest BCUT2D eigenvalue weighted by Crippen LogP contribution is 1.95. The van der Waals surface area contributed by atoms with Crippen LogP contribution in [0.4, 0.5) is 0 Å².